The maximum Gasteiger partial charge on any atom is 0.272 e. The van der Waals surface area contributed by atoms with E-state index in [4.69, 9.17) is 9.84 Å². The number of alkyl halides is 2. The van der Waals surface area contributed by atoms with Crippen LogP contribution >= 0.6 is 0 Å². The van der Waals surface area contributed by atoms with Crippen LogP contribution in [0.3, 0.4) is 0 Å². The molecular weight excluding hydrogens is 270 g/mol. The van der Waals surface area contributed by atoms with Crippen molar-refractivity contribution in [2.24, 2.45) is 5.41 Å². The van der Waals surface area contributed by atoms with Gasteiger partial charge < -0.3 is 15.2 Å². The number of ether oxygens (including phenoxy) is 1. The average Bonchev–Trinajstić information content (AvgIpc) is 3.24. The van der Waals surface area contributed by atoms with Crippen LogP contribution in [0.1, 0.15) is 23.2 Å². The normalized spacial score (nSPS) is 16.0. The molecule has 1 aliphatic rings. The molecule has 0 atom stereocenters. The first-order chi connectivity index (χ1) is 9.54. The minimum Gasteiger partial charge on any atom is -0.472 e. The highest BCUT2D eigenvalue weighted by molar-refractivity contribution is 5.93. The summed E-state index contributed by atoms with van der Waals surface area (Å²) in [5.41, 5.74) is 0.159. The smallest absolute Gasteiger partial charge is 0.272 e. The summed E-state index contributed by atoms with van der Waals surface area (Å²) in [5.74, 6) is -0.256. The fraction of sp³-hybridized carbons (Fsp3) is 0.538. The molecule has 1 aromatic rings. The Labute approximate surface area is 115 Å². The number of aliphatic hydroxyl groups is 1. The second-order valence-corrected chi connectivity index (χ2v) is 4.93. The zero-order valence-corrected chi connectivity index (χ0v) is 10.8. The maximum absolute atomic E-state index is 11.9. The molecular formula is C13H16F2N2O3. The van der Waals surface area contributed by atoms with E-state index in [1.807, 2.05) is 0 Å². The molecule has 1 saturated carbocycles. The first-order valence-corrected chi connectivity index (χ1v) is 6.31. The van der Waals surface area contributed by atoms with Gasteiger partial charge in [0.2, 0.25) is 5.88 Å². The van der Waals surface area contributed by atoms with Crippen LogP contribution < -0.4 is 10.1 Å². The summed E-state index contributed by atoms with van der Waals surface area (Å²) < 4.78 is 28.6. The molecule has 0 aromatic carbocycles. The molecule has 1 amide bonds. The highest BCUT2D eigenvalue weighted by atomic mass is 19.3. The number of halogens is 2. The van der Waals surface area contributed by atoms with Crippen LogP contribution in [-0.2, 0) is 0 Å². The molecule has 5 nitrogen and oxygen atoms in total. The Kier molecular flexibility index (Phi) is 4.49. The second-order valence-electron chi connectivity index (χ2n) is 4.93. The molecule has 1 heterocycles. The lowest BCUT2D eigenvalue weighted by atomic mass is 10.1. The van der Waals surface area contributed by atoms with Crippen molar-refractivity contribution in [3.63, 3.8) is 0 Å². The summed E-state index contributed by atoms with van der Waals surface area (Å²) >= 11 is 0. The van der Waals surface area contributed by atoms with Crippen LogP contribution in [0.25, 0.3) is 0 Å². The predicted molar refractivity (Wildman–Crippen MR) is 66.8 cm³/mol. The summed E-state index contributed by atoms with van der Waals surface area (Å²) in [7, 11) is 0. The molecule has 2 rings (SSSR count). The predicted octanol–water partition coefficient (Wildman–Crippen LogP) is 1.23. The lowest BCUT2D eigenvalue weighted by Crippen LogP contribution is -2.31. The van der Waals surface area contributed by atoms with E-state index in [0.717, 1.165) is 12.8 Å². The highest BCUT2D eigenvalue weighted by Crippen LogP contribution is 2.44. The summed E-state index contributed by atoms with van der Waals surface area (Å²) in [6, 6.07) is 2.83. The van der Waals surface area contributed by atoms with E-state index in [1.165, 1.54) is 18.3 Å². The van der Waals surface area contributed by atoms with Gasteiger partial charge in [-0.2, -0.15) is 0 Å². The number of hydrogen-bond donors (Lipinski definition) is 2. The van der Waals surface area contributed by atoms with Gasteiger partial charge in [-0.1, -0.05) is 0 Å². The standard InChI is InChI=1S/C13H16F2N2O3/c14-10(15)6-20-11-2-1-9(5-16-11)12(19)17-7-13(8-18)3-4-13/h1-2,5,10,18H,3-4,6-8H2,(H,17,19). The Bertz CT molecular complexity index is 461. The zero-order valence-electron chi connectivity index (χ0n) is 10.8. The van der Waals surface area contributed by atoms with Crippen molar-refractivity contribution >= 4 is 5.91 Å². The minimum atomic E-state index is -2.56. The van der Waals surface area contributed by atoms with Crippen molar-refractivity contribution in [2.75, 3.05) is 19.8 Å². The quantitative estimate of drug-likeness (QED) is 0.791. The van der Waals surface area contributed by atoms with Crippen LogP contribution in [0.5, 0.6) is 5.88 Å². The van der Waals surface area contributed by atoms with E-state index < -0.39 is 13.0 Å². The van der Waals surface area contributed by atoms with Gasteiger partial charge in [0, 0.05) is 24.2 Å². The number of aliphatic hydroxyl groups excluding tert-OH is 1. The number of carbonyl (C=O) groups excluding carboxylic acids is 1. The third kappa shape index (κ3) is 3.86. The van der Waals surface area contributed by atoms with E-state index in [-0.39, 0.29) is 23.8 Å². The molecule has 1 aliphatic carbocycles. The van der Waals surface area contributed by atoms with E-state index >= 15 is 0 Å². The molecule has 0 bridgehead atoms. The van der Waals surface area contributed by atoms with Crippen molar-refractivity contribution < 1.29 is 23.4 Å². The minimum absolute atomic E-state index is 0.0517. The number of amides is 1. The molecule has 0 aliphatic heterocycles. The number of nitrogens with one attached hydrogen (secondary N) is 1. The fourth-order valence-electron chi connectivity index (χ4n) is 1.69. The van der Waals surface area contributed by atoms with Gasteiger partial charge in [-0.3, -0.25) is 4.79 Å². The Balaban J connectivity index is 1.84. The summed E-state index contributed by atoms with van der Waals surface area (Å²) in [6.07, 6.45) is 0.521. The van der Waals surface area contributed by atoms with Crippen molar-refractivity contribution in [2.45, 2.75) is 19.3 Å². The Hall–Kier alpha value is -1.76. The van der Waals surface area contributed by atoms with Crippen LogP contribution in [-0.4, -0.2) is 42.2 Å². The largest absolute Gasteiger partial charge is 0.472 e. The highest BCUT2D eigenvalue weighted by Gasteiger charge is 2.42. The molecule has 0 radical (unpaired) electrons. The van der Waals surface area contributed by atoms with Crippen molar-refractivity contribution in [1.29, 1.82) is 0 Å². The van der Waals surface area contributed by atoms with E-state index in [0.29, 0.717) is 12.1 Å². The molecule has 110 valence electrons. The molecule has 2 N–H and O–H groups in total. The third-order valence-electron chi connectivity index (χ3n) is 3.27. The number of carbonyl (C=O) groups is 1. The number of nitrogens with zero attached hydrogens (tertiary/aromatic N) is 1. The lowest BCUT2D eigenvalue weighted by molar-refractivity contribution is 0.0794. The van der Waals surface area contributed by atoms with Gasteiger partial charge in [0.05, 0.1) is 12.2 Å². The third-order valence-corrected chi connectivity index (χ3v) is 3.27. The maximum atomic E-state index is 11.9. The van der Waals surface area contributed by atoms with Gasteiger partial charge in [0.15, 0.2) is 6.61 Å². The van der Waals surface area contributed by atoms with Gasteiger partial charge in [0.25, 0.3) is 12.3 Å². The van der Waals surface area contributed by atoms with Gasteiger partial charge in [-0.05, 0) is 18.9 Å². The molecule has 0 unspecified atom stereocenters. The number of aromatic nitrogens is 1. The molecule has 7 heteroatoms. The second kappa shape index (κ2) is 6.13. The van der Waals surface area contributed by atoms with Crippen molar-refractivity contribution in [3.8, 4) is 5.88 Å². The monoisotopic (exact) mass is 286 g/mol. The van der Waals surface area contributed by atoms with Gasteiger partial charge in [-0.15, -0.1) is 0 Å². The van der Waals surface area contributed by atoms with E-state index in [9.17, 15) is 13.6 Å². The molecule has 0 spiro atoms. The topological polar surface area (TPSA) is 71.5 Å². The Morgan fingerprint density at radius 3 is 2.75 bits per heavy atom. The van der Waals surface area contributed by atoms with E-state index in [2.05, 4.69) is 10.3 Å². The number of rotatable bonds is 7. The lowest BCUT2D eigenvalue weighted by Gasteiger charge is -2.12. The van der Waals surface area contributed by atoms with Crippen LogP contribution in [0.4, 0.5) is 8.78 Å². The molecule has 20 heavy (non-hydrogen) atoms. The molecule has 1 aromatic heterocycles. The summed E-state index contributed by atoms with van der Waals surface area (Å²) in [4.78, 5) is 15.6. The average molecular weight is 286 g/mol. The zero-order chi connectivity index (χ0) is 14.6. The number of hydrogen-bond acceptors (Lipinski definition) is 4. The van der Waals surface area contributed by atoms with Crippen molar-refractivity contribution in [3.05, 3.63) is 23.9 Å². The first-order valence-electron chi connectivity index (χ1n) is 6.31. The van der Waals surface area contributed by atoms with Crippen LogP contribution in [0.15, 0.2) is 18.3 Å². The number of pyridine rings is 1. The van der Waals surface area contributed by atoms with Gasteiger partial charge >= 0.3 is 0 Å². The van der Waals surface area contributed by atoms with E-state index in [1.54, 1.807) is 0 Å². The van der Waals surface area contributed by atoms with Crippen molar-refractivity contribution in [1.82, 2.24) is 10.3 Å². The van der Waals surface area contributed by atoms with Crippen LogP contribution in [0.2, 0.25) is 0 Å². The molecule has 1 fully saturated rings. The SMILES string of the molecule is O=C(NCC1(CO)CC1)c1ccc(OCC(F)F)nc1. The Morgan fingerprint density at radius 1 is 1.50 bits per heavy atom. The Morgan fingerprint density at radius 2 is 2.25 bits per heavy atom. The van der Waals surface area contributed by atoms with Crippen LogP contribution in [0, 0.1) is 5.41 Å². The summed E-state index contributed by atoms with van der Waals surface area (Å²) in [5, 5.41) is 11.9. The molecule has 0 saturated heterocycles. The summed E-state index contributed by atoms with van der Waals surface area (Å²) in [6.45, 7) is -0.241. The first kappa shape index (κ1) is 14.6. The van der Waals surface area contributed by atoms with Gasteiger partial charge in [0.1, 0.15) is 0 Å². The fourth-order valence-corrected chi connectivity index (χ4v) is 1.69. The van der Waals surface area contributed by atoms with Gasteiger partial charge in [-0.25, -0.2) is 13.8 Å².